The predicted octanol–water partition coefficient (Wildman–Crippen LogP) is 17.3. The number of hydrogen-bond acceptors (Lipinski definition) is 6. The molecule has 0 aliphatic heterocycles. The smallest absolute Gasteiger partial charge is 0.306 e. The Kier molecular flexibility index (Phi) is 49.1. The lowest BCUT2D eigenvalue weighted by atomic mass is 10.1. The highest BCUT2D eigenvalue weighted by Crippen LogP contribution is 2.12. The van der Waals surface area contributed by atoms with Crippen LogP contribution in [0.4, 0.5) is 0 Å². The van der Waals surface area contributed by atoms with Crippen molar-refractivity contribution < 1.29 is 28.6 Å². The summed E-state index contributed by atoms with van der Waals surface area (Å²) in [7, 11) is 0. The fourth-order valence-corrected chi connectivity index (χ4v) is 6.63. The van der Waals surface area contributed by atoms with Gasteiger partial charge in [0.1, 0.15) is 13.2 Å². The summed E-state index contributed by atoms with van der Waals surface area (Å²) in [5.74, 6) is -1.02. The zero-order valence-electron chi connectivity index (χ0n) is 41.7. The van der Waals surface area contributed by atoms with Crippen LogP contribution in [0.25, 0.3) is 0 Å². The molecule has 0 saturated carbocycles. The molecule has 366 valence electrons. The SMILES string of the molecule is CC/C=C\C/C=C\C/C=C\C/C=C\C/C=C\CCCC(=O)OC(COC(=O)CCCCCCC\C=C/C=C\C=C/CCCCCCC)COC(=O)CCCCCCC/C=C\C/C=C\CC. The van der Waals surface area contributed by atoms with E-state index in [9.17, 15) is 14.4 Å². The molecular weight excluding hydrogens is 805 g/mol. The van der Waals surface area contributed by atoms with Gasteiger partial charge in [-0.1, -0.05) is 206 Å². The lowest BCUT2D eigenvalue weighted by molar-refractivity contribution is -0.167. The standard InChI is InChI=1S/C59H94O6/c1-4-7-10-13-16-19-22-25-27-29-31-32-34-37-40-43-46-49-52-58(61)64-55-56(54-63-57(60)51-48-45-42-39-36-24-21-18-15-12-9-6-3)65-59(62)53-50-47-44-41-38-35-33-30-28-26-23-20-17-14-11-8-5-2/h8-9,11-12,17-18,20-22,25-29,31-33,35,41,44,56H,4-7,10,13-16,19,23-24,30,34,36-40,42-43,45-55H2,1-3H3/b11-8-,12-9-,20-17-,21-18-,25-22-,28-26-,29-27-,32-31-,35-33-,44-41-. The zero-order chi connectivity index (χ0) is 47.2. The summed E-state index contributed by atoms with van der Waals surface area (Å²) >= 11 is 0. The van der Waals surface area contributed by atoms with Gasteiger partial charge in [-0.05, 0) is 109 Å². The summed E-state index contributed by atoms with van der Waals surface area (Å²) in [6.45, 7) is 6.30. The van der Waals surface area contributed by atoms with Crippen LogP contribution in [0.3, 0.4) is 0 Å². The third-order valence-electron chi connectivity index (χ3n) is 10.5. The molecule has 0 rings (SSSR count). The van der Waals surface area contributed by atoms with E-state index in [0.717, 1.165) is 135 Å². The second kappa shape index (κ2) is 52.4. The first-order valence-corrected chi connectivity index (χ1v) is 26.1. The van der Waals surface area contributed by atoms with Gasteiger partial charge in [-0.2, -0.15) is 0 Å². The molecule has 65 heavy (non-hydrogen) atoms. The van der Waals surface area contributed by atoms with Gasteiger partial charge >= 0.3 is 17.9 Å². The molecular formula is C59H94O6. The van der Waals surface area contributed by atoms with E-state index < -0.39 is 6.10 Å². The van der Waals surface area contributed by atoms with Gasteiger partial charge in [0, 0.05) is 19.3 Å². The van der Waals surface area contributed by atoms with Crippen molar-refractivity contribution in [1.29, 1.82) is 0 Å². The van der Waals surface area contributed by atoms with Gasteiger partial charge in [0.2, 0.25) is 0 Å². The first-order chi connectivity index (χ1) is 32.0. The van der Waals surface area contributed by atoms with Crippen molar-refractivity contribution in [2.24, 2.45) is 0 Å². The maximum atomic E-state index is 12.8. The van der Waals surface area contributed by atoms with Crippen molar-refractivity contribution in [3.63, 3.8) is 0 Å². The van der Waals surface area contributed by atoms with E-state index in [1.807, 2.05) is 0 Å². The topological polar surface area (TPSA) is 78.9 Å². The number of carbonyl (C=O) groups excluding carboxylic acids is 3. The second-order valence-electron chi connectivity index (χ2n) is 16.7. The Balaban J connectivity index is 4.55. The van der Waals surface area contributed by atoms with E-state index in [1.54, 1.807) is 0 Å². The molecule has 0 fully saturated rings. The van der Waals surface area contributed by atoms with Gasteiger partial charge in [0.25, 0.3) is 0 Å². The highest BCUT2D eigenvalue weighted by Gasteiger charge is 2.19. The maximum Gasteiger partial charge on any atom is 0.306 e. The van der Waals surface area contributed by atoms with E-state index in [1.165, 1.54) is 32.1 Å². The average molecular weight is 899 g/mol. The fraction of sp³-hybridized carbons (Fsp3) is 0.610. The Morgan fingerprint density at radius 3 is 1.11 bits per heavy atom. The summed E-state index contributed by atoms with van der Waals surface area (Å²) in [5.41, 5.74) is 0. The van der Waals surface area contributed by atoms with Gasteiger partial charge in [-0.3, -0.25) is 14.4 Å². The van der Waals surface area contributed by atoms with Crippen LogP contribution < -0.4 is 0 Å². The van der Waals surface area contributed by atoms with Gasteiger partial charge < -0.3 is 14.2 Å². The molecule has 1 unspecified atom stereocenters. The minimum Gasteiger partial charge on any atom is -0.462 e. The molecule has 0 heterocycles. The highest BCUT2D eigenvalue weighted by atomic mass is 16.6. The molecule has 0 N–H and O–H groups in total. The number of hydrogen-bond donors (Lipinski definition) is 0. The lowest BCUT2D eigenvalue weighted by Crippen LogP contribution is -2.30. The van der Waals surface area contributed by atoms with E-state index in [4.69, 9.17) is 14.2 Å². The average Bonchev–Trinajstić information content (AvgIpc) is 3.30. The molecule has 6 heteroatoms. The first kappa shape index (κ1) is 60.8. The van der Waals surface area contributed by atoms with Crippen LogP contribution in [0.15, 0.2) is 122 Å². The van der Waals surface area contributed by atoms with Crippen LogP contribution in [-0.2, 0) is 28.6 Å². The van der Waals surface area contributed by atoms with E-state index >= 15 is 0 Å². The molecule has 0 saturated heterocycles. The molecule has 1 atom stereocenters. The molecule has 0 aliphatic rings. The van der Waals surface area contributed by atoms with Crippen molar-refractivity contribution in [3.05, 3.63) is 122 Å². The van der Waals surface area contributed by atoms with Crippen LogP contribution in [0.5, 0.6) is 0 Å². The highest BCUT2D eigenvalue weighted by molar-refractivity contribution is 5.71. The molecule has 0 aromatic heterocycles. The first-order valence-electron chi connectivity index (χ1n) is 26.1. The van der Waals surface area contributed by atoms with Crippen LogP contribution in [0, 0.1) is 0 Å². The molecule has 0 bridgehead atoms. The van der Waals surface area contributed by atoms with Crippen molar-refractivity contribution >= 4 is 17.9 Å². The van der Waals surface area contributed by atoms with Crippen molar-refractivity contribution in [1.82, 2.24) is 0 Å². The third-order valence-corrected chi connectivity index (χ3v) is 10.5. The second-order valence-corrected chi connectivity index (χ2v) is 16.7. The molecule has 0 aliphatic carbocycles. The van der Waals surface area contributed by atoms with Gasteiger partial charge in [-0.25, -0.2) is 0 Å². The quantitative estimate of drug-likeness (QED) is 0.0199. The maximum absolute atomic E-state index is 12.8. The largest absolute Gasteiger partial charge is 0.462 e. The molecule has 0 aromatic rings. The summed E-state index contributed by atoms with van der Waals surface area (Å²) < 4.78 is 16.7. The summed E-state index contributed by atoms with van der Waals surface area (Å²) in [5, 5.41) is 0. The summed E-state index contributed by atoms with van der Waals surface area (Å²) in [4.78, 5) is 38.0. The number of carbonyl (C=O) groups is 3. The van der Waals surface area contributed by atoms with Crippen molar-refractivity contribution in [3.8, 4) is 0 Å². The van der Waals surface area contributed by atoms with Crippen molar-refractivity contribution in [2.75, 3.05) is 13.2 Å². The fourth-order valence-electron chi connectivity index (χ4n) is 6.63. The number of allylic oxidation sites excluding steroid dienone is 20. The molecule has 0 aromatic carbocycles. The van der Waals surface area contributed by atoms with E-state index in [0.29, 0.717) is 19.3 Å². The van der Waals surface area contributed by atoms with E-state index in [2.05, 4.69) is 142 Å². The molecule has 0 radical (unpaired) electrons. The van der Waals surface area contributed by atoms with Crippen molar-refractivity contribution in [2.45, 2.75) is 219 Å². The Morgan fingerprint density at radius 2 is 0.677 bits per heavy atom. The molecule has 0 spiro atoms. The Morgan fingerprint density at radius 1 is 0.338 bits per heavy atom. The monoisotopic (exact) mass is 899 g/mol. The number of rotatable bonds is 45. The van der Waals surface area contributed by atoms with Crippen LogP contribution in [0.1, 0.15) is 213 Å². The number of unbranched alkanes of at least 4 members (excludes halogenated alkanes) is 16. The Hall–Kier alpha value is -4.19. The molecule has 0 amide bonds. The van der Waals surface area contributed by atoms with E-state index in [-0.39, 0.29) is 37.5 Å². The minimum atomic E-state index is -0.825. The predicted molar refractivity (Wildman–Crippen MR) is 279 cm³/mol. The van der Waals surface area contributed by atoms with Gasteiger partial charge in [0.15, 0.2) is 6.10 Å². The summed E-state index contributed by atoms with van der Waals surface area (Å²) in [6.07, 6.45) is 71.9. The normalized spacial score (nSPS) is 13.1. The Bertz CT molecular complexity index is 1400. The summed E-state index contributed by atoms with van der Waals surface area (Å²) in [6, 6.07) is 0. The minimum absolute atomic E-state index is 0.119. The van der Waals surface area contributed by atoms with Crippen LogP contribution >= 0.6 is 0 Å². The van der Waals surface area contributed by atoms with Crippen LogP contribution in [-0.4, -0.2) is 37.2 Å². The third kappa shape index (κ3) is 50.7. The van der Waals surface area contributed by atoms with Crippen LogP contribution in [0.2, 0.25) is 0 Å². The molecule has 6 nitrogen and oxygen atoms in total. The Labute approximate surface area is 399 Å². The number of ether oxygens (including phenoxy) is 3. The van der Waals surface area contributed by atoms with Gasteiger partial charge in [0.05, 0.1) is 0 Å². The zero-order valence-corrected chi connectivity index (χ0v) is 41.7. The number of esters is 3. The lowest BCUT2D eigenvalue weighted by Gasteiger charge is -2.18. The van der Waals surface area contributed by atoms with Gasteiger partial charge in [-0.15, -0.1) is 0 Å².